The lowest BCUT2D eigenvalue weighted by Gasteiger charge is -2.19. The predicted octanol–water partition coefficient (Wildman–Crippen LogP) is 20.1. The van der Waals surface area contributed by atoms with Gasteiger partial charge in [0.1, 0.15) is 62.9 Å². The third kappa shape index (κ3) is 24.4. The maximum atomic E-state index is 13.3. The van der Waals surface area contributed by atoms with Gasteiger partial charge in [0.2, 0.25) is 74.3 Å². The molecule has 5 heterocycles. The Balaban J connectivity index is 0.000000167. The average Bonchev–Trinajstić information content (AvgIpc) is 1.60. The van der Waals surface area contributed by atoms with Crippen molar-refractivity contribution in [2.24, 2.45) is 0 Å². The van der Waals surface area contributed by atoms with E-state index in [0.29, 0.717) is 97.2 Å². The van der Waals surface area contributed by atoms with Crippen molar-refractivity contribution >= 4 is 72.4 Å². The molecule has 0 N–H and O–H groups in total. The number of sulfone groups is 5. The van der Waals surface area contributed by atoms with E-state index in [0.717, 1.165) is 38.9 Å². The molecule has 0 aliphatic heterocycles. The number of halogens is 2. The molecule has 15 aromatic rings. The second-order valence-electron chi connectivity index (χ2n) is 37.6. The Morgan fingerprint density at radius 2 is 0.507 bits per heavy atom. The Labute approximate surface area is 829 Å². The molecule has 15 rings (SSSR count). The van der Waals surface area contributed by atoms with Gasteiger partial charge in [-0.3, -0.25) is 0 Å². The van der Waals surface area contributed by atoms with E-state index in [2.05, 4.69) is 155 Å². The zero-order valence-electron chi connectivity index (χ0n) is 82.9. The molecule has 0 saturated carbocycles. The number of rotatable bonds is 23. The highest BCUT2D eigenvalue weighted by molar-refractivity contribution is 7.92. The minimum atomic E-state index is -3.83. The Bertz CT molecular complexity index is 7190. The van der Waals surface area contributed by atoms with Crippen molar-refractivity contribution in [3.05, 3.63) is 291 Å². The van der Waals surface area contributed by atoms with Crippen LogP contribution in [0.3, 0.4) is 0 Å². The molecule has 740 valence electrons. The second-order valence-corrected chi connectivity index (χ2v) is 47.9. The smallest absolute Gasteiger partial charge is 0.227 e. The highest BCUT2D eigenvalue weighted by atomic mass is 35.5. The fourth-order valence-corrected chi connectivity index (χ4v) is 20.8. The SMILES string of the molecule is CCc1c(S(=O)(=O)c2ccc(C(C)(C)C)cc2)nnn1-c1cc(C)ccc1OC.CCc1c(S(=O)(=O)c2ccc(C(C)(C)C)cc2)nnn1-c1cc(Cl)ccc1OC.COc1ccc(C)cc1-n1cc(S(=O)(=O)c2ccc(C(C)(C)C)cc2)nn1.COc1ccc(Cl)cc1-n1cc(S(=O)(=O)c2ccc(C(C)(C)C)cc2)nn1.COc1ccc(OC)c(-n2cc(S(=O)(=O)c3ccc(C(C)(C)C)cc3)nn2)c1. The van der Waals surface area contributed by atoms with Crippen molar-refractivity contribution in [1.29, 1.82) is 0 Å². The minimum Gasteiger partial charge on any atom is -0.497 e. The van der Waals surface area contributed by atoms with Crippen molar-refractivity contribution in [3.63, 3.8) is 0 Å². The number of hydrogen-bond donors (Lipinski definition) is 0. The third-order valence-corrected chi connectivity index (χ3v) is 31.4. The number of methoxy groups -OCH3 is 6. The van der Waals surface area contributed by atoms with E-state index in [-0.39, 0.29) is 76.7 Å². The summed E-state index contributed by atoms with van der Waals surface area (Å²) in [4.78, 5) is 0.929. The fourth-order valence-electron chi connectivity index (χ4n) is 14.3. The summed E-state index contributed by atoms with van der Waals surface area (Å²) in [6, 6.07) is 60.9. The number of aryl methyl sites for hydroxylation is 2. The number of aromatic nitrogens is 15. The van der Waals surface area contributed by atoms with Crippen LogP contribution in [0.5, 0.6) is 34.5 Å². The maximum absolute atomic E-state index is 13.3. The fraction of sp³-hybridized carbons (Fsp3) is 0.314. The van der Waals surface area contributed by atoms with Gasteiger partial charge in [0, 0.05) is 16.1 Å². The van der Waals surface area contributed by atoms with Crippen LogP contribution in [0.2, 0.25) is 10.0 Å². The number of ether oxygens (including phenoxy) is 6. The Hall–Kier alpha value is -13.0. The normalized spacial score (nSPS) is 12.2. The van der Waals surface area contributed by atoms with Gasteiger partial charge in [-0.15, -0.1) is 25.5 Å². The van der Waals surface area contributed by atoms with Gasteiger partial charge in [-0.05, 0) is 226 Å². The van der Waals surface area contributed by atoms with E-state index in [9.17, 15) is 42.1 Å². The summed E-state index contributed by atoms with van der Waals surface area (Å²) in [6.45, 7) is 38.8. The highest BCUT2D eigenvalue weighted by Gasteiger charge is 2.34. The summed E-state index contributed by atoms with van der Waals surface area (Å²) in [5, 5.41) is 40.3. The summed E-state index contributed by atoms with van der Waals surface area (Å²) in [5.41, 5.74) is 10.9. The number of nitrogens with zero attached hydrogens (tertiary/aromatic N) is 15. The van der Waals surface area contributed by atoms with E-state index in [4.69, 9.17) is 51.6 Å². The van der Waals surface area contributed by atoms with Crippen molar-refractivity contribution in [2.75, 3.05) is 42.7 Å². The first-order chi connectivity index (χ1) is 65.6. The van der Waals surface area contributed by atoms with Gasteiger partial charge in [0.15, 0.2) is 0 Å². The molecule has 5 aromatic heterocycles. The molecule has 0 fully saturated rings. The molecule has 0 spiro atoms. The van der Waals surface area contributed by atoms with Gasteiger partial charge < -0.3 is 28.4 Å². The van der Waals surface area contributed by atoms with Gasteiger partial charge in [0.05, 0.1) is 97.1 Å². The highest BCUT2D eigenvalue weighted by Crippen LogP contribution is 2.39. The minimum absolute atomic E-state index is 0.0212. The molecular formula is C102H117Cl2N15O16S5. The van der Waals surface area contributed by atoms with Gasteiger partial charge in [-0.2, -0.15) is 0 Å². The third-order valence-electron chi connectivity index (χ3n) is 22.6. The van der Waals surface area contributed by atoms with Crippen LogP contribution < -0.4 is 28.4 Å². The maximum Gasteiger partial charge on any atom is 0.227 e. The van der Waals surface area contributed by atoms with Crippen LogP contribution in [0.1, 0.15) is 168 Å². The van der Waals surface area contributed by atoms with Crippen LogP contribution in [-0.4, -0.2) is 160 Å². The van der Waals surface area contributed by atoms with Crippen molar-refractivity contribution in [3.8, 4) is 62.9 Å². The van der Waals surface area contributed by atoms with Crippen LogP contribution in [-0.2, 0) is 89.1 Å². The molecule has 0 atom stereocenters. The lowest BCUT2D eigenvalue weighted by molar-refractivity contribution is 0.400. The molecule has 0 radical (unpaired) electrons. The molecule has 0 amide bonds. The second kappa shape index (κ2) is 43.0. The van der Waals surface area contributed by atoms with Gasteiger partial charge >= 0.3 is 0 Å². The van der Waals surface area contributed by atoms with Gasteiger partial charge in [-0.1, -0.05) is 240 Å². The van der Waals surface area contributed by atoms with Crippen molar-refractivity contribution in [2.45, 2.75) is 221 Å². The average molecular weight is 2040 g/mol. The van der Waals surface area contributed by atoms with E-state index in [1.807, 2.05) is 125 Å². The van der Waals surface area contributed by atoms with Gasteiger partial charge in [-0.25, -0.2) is 65.5 Å². The van der Waals surface area contributed by atoms with Gasteiger partial charge in [0.25, 0.3) is 0 Å². The van der Waals surface area contributed by atoms with Crippen molar-refractivity contribution < 1.29 is 70.5 Å². The summed E-state index contributed by atoms with van der Waals surface area (Å²) in [6.07, 6.45) is 4.99. The first-order valence-corrected chi connectivity index (χ1v) is 52.4. The number of benzene rings is 10. The van der Waals surface area contributed by atoms with E-state index in [1.54, 1.807) is 141 Å². The van der Waals surface area contributed by atoms with E-state index >= 15 is 0 Å². The molecular weight excluding hydrogens is 1920 g/mol. The van der Waals surface area contributed by atoms with E-state index in [1.165, 1.54) is 58.6 Å². The molecule has 140 heavy (non-hydrogen) atoms. The molecule has 0 unspecified atom stereocenters. The summed E-state index contributed by atoms with van der Waals surface area (Å²) >= 11 is 12.2. The lowest BCUT2D eigenvalue weighted by Crippen LogP contribution is -2.12. The Morgan fingerprint density at radius 1 is 0.271 bits per heavy atom. The van der Waals surface area contributed by atoms with Crippen molar-refractivity contribution in [1.82, 2.24) is 75.0 Å². The summed E-state index contributed by atoms with van der Waals surface area (Å²) < 4.78 is 170. The molecule has 10 aromatic carbocycles. The van der Waals surface area contributed by atoms with Crippen LogP contribution in [0.25, 0.3) is 28.4 Å². The number of hydrogen-bond acceptors (Lipinski definition) is 26. The van der Waals surface area contributed by atoms with Crippen LogP contribution in [0.15, 0.2) is 281 Å². The first-order valence-electron chi connectivity index (χ1n) is 44.3. The zero-order chi connectivity index (χ0) is 103. The molecule has 0 aliphatic carbocycles. The standard InChI is InChI=1S/C22H27N3O3S.C21H24ClN3O3S.C20H23N3O4S.C20H23N3O3S.C19H20ClN3O3S/c1-7-18-21(23-24-25(18)19-14-15(2)8-13-20(19)28-6)29(26,27)17-11-9-16(10-12-17)22(3,4)5;1-6-17-20(23-24-25(17)18-13-15(22)9-12-19(18)28-5)29(26,27)16-10-7-14(8-11-16)21(2,3)4;1-20(2,3)14-6-9-16(10-7-14)28(24,25)19-13-23(22-21-19)17-12-15(26-4)8-11-18(17)27-5;1-14-6-11-18(26-5)17(12-14)23-13-19(21-22-23)27(24,25)16-9-7-15(8-10-16)20(2,3)4;1-19(2,3)13-5-8-15(9-6-13)27(24,25)18-12-23(22-21-18)16-11-14(20)7-10-17(16)26-4/h8-14H,7H2,1-6H3;7-13H,6H2,1-5H3;6-13H,1-5H3;6-13H,1-5H3;5-12H,1-4H3. The quantitative estimate of drug-likeness (QED) is 0.0574. The Morgan fingerprint density at radius 3 is 0.779 bits per heavy atom. The monoisotopic (exact) mass is 2040 g/mol. The molecule has 31 nitrogen and oxygen atoms in total. The molecule has 0 saturated heterocycles. The molecule has 0 bridgehead atoms. The summed E-state index contributed by atoms with van der Waals surface area (Å²) in [7, 11) is -9.71. The van der Waals surface area contributed by atoms with Crippen LogP contribution in [0.4, 0.5) is 0 Å². The first kappa shape index (κ1) is 107. The lowest BCUT2D eigenvalue weighted by atomic mass is 9.87. The topological polar surface area (TPSA) is 380 Å². The Kier molecular flexibility index (Phi) is 33.0. The molecule has 38 heteroatoms. The van der Waals surface area contributed by atoms with E-state index < -0.39 is 49.2 Å². The van der Waals surface area contributed by atoms with Crippen LogP contribution >= 0.6 is 23.2 Å². The van der Waals surface area contributed by atoms with Crippen LogP contribution in [0, 0.1) is 13.8 Å². The zero-order valence-corrected chi connectivity index (χ0v) is 88.5. The predicted molar refractivity (Wildman–Crippen MR) is 537 cm³/mol. The largest absolute Gasteiger partial charge is 0.497 e. The molecule has 0 aliphatic rings. The summed E-state index contributed by atoms with van der Waals surface area (Å²) in [5.74, 6) is 3.32.